The van der Waals surface area contributed by atoms with Crippen LogP contribution in [0.3, 0.4) is 0 Å². The zero-order valence-electron chi connectivity index (χ0n) is 17.6. The Morgan fingerprint density at radius 2 is 1.73 bits per heavy atom. The lowest BCUT2D eigenvalue weighted by Crippen LogP contribution is -2.08. The van der Waals surface area contributed by atoms with Crippen molar-refractivity contribution < 1.29 is 5.11 Å². The van der Waals surface area contributed by atoms with Gasteiger partial charge in [0.2, 0.25) is 5.95 Å². The van der Waals surface area contributed by atoms with E-state index >= 15 is 0 Å². The predicted octanol–water partition coefficient (Wildman–Crippen LogP) is 5.67. The summed E-state index contributed by atoms with van der Waals surface area (Å²) in [5.41, 5.74) is 11.1. The van der Waals surface area contributed by atoms with Crippen molar-refractivity contribution in [2.75, 3.05) is 5.73 Å². The molecule has 0 amide bonds. The minimum atomic E-state index is -0.933. The van der Waals surface area contributed by atoms with Gasteiger partial charge in [0.05, 0.1) is 29.4 Å². The SMILES string of the molecule is Cn1cncc1C(O)c1ccc2nc(N)nc(-c3cccc(Cl)c3)c2c1-c1ccc(Cl)cc1. The van der Waals surface area contributed by atoms with E-state index in [9.17, 15) is 5.11 Å². The summed E-state index contributed by atoms with van der Waals surface area (Å²) in [7, 11) is 1.84. The van der Waals surface area contributed by atoms with Crippen LogP contribution in [-0.2, 0) is 7.05 Å². The summed E-state index contributed by atoms with van der Waals surface area (Å²) >= 11 is 12.5. The van der Waals surface area contributed by atoms with E-state index in [2.05, 4.69) is 15.0 Å². The van der Waals surface area contributed by atoms with E-state index in [0.717, 1.165) is 22.1 Å². The van der Waals surface area contributed by atoms with Crippen molar-refractivity contribution in [1.29, 1.82) is 0 Å². The first-order valence-electron chi connectivity index (χ1n) is 10.2. The Kier molecular flexibility index (Phi) is 5.50. The molecular weight excluding hydrogens is 457 g/mol. The molecule has 3 N–H and O–H groups in total. The topological polar surface area (TPSA) is 89.8 Å². The van der Waals surface area contributed by atoms with Crippen LogP contribution in [0, 0.1) is 0 Å². The van der Waals surface area contributed by atoms with Gasteiger partial charge in [0.1, 0.15) is 6.10 Å². The summed E-state index contributed by atoms with van der Waals surface area (Å²) in [4.78, 5) is 13.2. The molecule has 0 saturated heterocycles. The maximum Gasteiger partial charge on any atom is 0.221 e. The van der Waals surface area contributed by atoms with E-state index in [4.69, 9.17) is 28.9 Å². The van der Waals surface area contributed by atoms with Gasteiger partial charge in [0.15, 0.2) is 0 Å². The molecule has 8 heteroatoms. The Hall–Kier alpha value is -3.45. The van der Waals surface area contributed by atoms with E-state index < -0.39 is 6.10 Å². The molecule has 0 aliphatic rings. The highest BCUT2D eigenvalue weighted by Crippen LogP contribution is 2.41. The Morgan fingerprint density at radius 1 is 0.939 bits per heavy atom. The lowest BCUT2D eigenvalue weighted by molar-refractivity contribution is 0.212. The number of aryl methyl sites for hydroxylation is 1. The van der Waals surface area contributed by atoms with Gasteiger partial charge in [-0.25, -0.2) is 15.0 Å². The number of halogens is 2. The second-order valence-electron chi connectivity index (χ2n) is 7.70. The molecule has 0 bridgehead atoms. The average Bonchev–Trinajstić information content (AvgIpc) is 3.23. The number of nitrogens with zero attached hydrogens (tertiary/aromatic N) is 4. The highest BCUT2D eigenvalue weighted by molar-refractivity contribution is 6.31. The minimum absolute atomic E-state index is 0.152. The first-order valence-corrected chi connectivity index (χ1v) is 10.9. The largest absolute Gasteiger partial charge is 0.382 e. The van der Waals surface area contributed by atoms with Gasteiger partial charge in [0, 0.05) is 28.0 Å². The zero-order valence-corrected chi connectivity index (χ0v) is 19.1. The van der Waals surface area contributed by atoms with Gasteiger partial charge in [0.25, 0.3) is 0 Å². The van der Waals surface area contributed by atoms with E-state index in [0.29, 0.717) is 32.5 Å². The van der Waals surface area contributed by atoms with Crippen LogP contribution in [0.25, 0.3) is 33.3 Å². The maximum absolute atomic E-state index is 11.4. The van der Waals surface area contributed by atoms with Crippen LogP contribution >= 0.6 is 23.2 Å². The molecule has 0 radical (unpaired) electrons. The molecule has 0 aliphatic carbocycles. The van der Waals surface area contributed by atoms with Crippen LogP contribution in [0.5, 0.6) is 0 Å². The normalized spacial score (nSPS) is 12.2. The number of benzene rings is 3. The van der Waals surface area contributed by atoms with Crippen LogP contribution in [-0.4, -0.2) is 24.6 Å². The first-order chi connectivity index (χ1) is 15.9. The standard InChI is InChI=1S/C25H19Cl2N5O/c1-32-13-29-12-20(32)24(33)18-9-10-19-22(21(18)14-5-7-16(26)8-6-14)23(31-25(28)30-19)15-3-2-4-17(27)11-15/h2-13,24,33H,1H3,(H2,28,30,31). The van der Waals surface area contributed by atoms with E-state index in [-0.39, 0.29) is 5.95 Å². The number of aliphatic hydroxyl groups excluding tert-OH is 1. The fourth-order valence-corrected chi connectivity index (χ4v) is 4.37. The van der Waals surface area contributed by atoms with Crippen molar-refractivity contribution in [3.63, 3.8) is 0 Å². The number of anilines is 1. The average molecular weight is 476 g/mol. The molecule has 5 rings (SSSR count). The van der Waals surface area contributed by atoms with Crippen LogP contribution < -0.4 is 5.73 Å². The monoisotopic (exact) mass is 475 g/mol. The summed E-state index contributed by atoms with van der Waals surface area (Å²) < 4.78 is 1.79. The number of aliphatic hydroxyl groups is 1. The number of aromatic nitrogens is 4. The van der Waals surface area contributed by atoms with Crippen molar-refractivity contribution in [2.24, 2.45) is 7.05 Å². The third kappa shape index (κ3) is 3.93. The van der Waals surface area contributed by atoms with Crippen LogP contribution in [0.1, 0.15) is 17.4 Å². The fourth-order valence-electron chi connectivity index (χ4n) is 4.05. The van der Waals surface area contributed by atoms with Gasteiger partial charge in [-0.3, -0.25) is 0 Å². The molecular formula is C25H19Cl2N5O. The molecule has 1 atom stereocenters. The quantitative estimate of drug-likeness (QED) is 0.349. The molecule has 1 unspecified atom stereocenters. The van der Waals surface area contributed by atoms with Crippen LogP contribution in [0.4, 0.5) is 5.95 Å². The number of hydrogen-bond acceptors (Lipinski definition) is 5. The van der Waals surface area contributed by atoms with Crippen molar-refractivity contribution in [2.45, 2.75) is 6.10 Å². The lowest BCUT2D eigenvalue weighted by atomic mass is 9.89. The second kappa shape index (κ2) is 8.48. The van der Waals surface area contributed by atoms with E-state index in [1.165, 1.54) is 0 Å². The fraction of sp³-hybridized carbons (Fsp3) is 0.0800. The lowest BCUT2D eigenvalue weighted by Gasteiger charge is -2.20. The molecule has 33 heavy (non-hydrogen) atoms. The van der Waals surface area contributed by atoms with Gasteiger partial charge < -0.3 is 15.4 Å². The van der Waals surface area contributed by atoms with Gasteiger partial charge >= 0.3 is 0 Å². The Balaban J connectivity index is 1.89. The number of imidazole rings is 1. The van der Waals surface area contributed by atoms with Gasteiger partial charge in [-0.05, 0) is 47.0 Å². The molecule has 0 spiro atoms. The van der Waals surface area contributed by atoms with E-state index in [1.54, 1.807) is 23.2 Å². The second-order valence-corrected chi connectivity index (χ2v) is 8.58. The number of fused-ring (bicyclic) bond motifs is 1. The predicted molar refractivity (Wildman–Crippen MR) is 132 cm³/mol. The van der Waals surface area contributed by atoms with Crippen molar-refractivity contribution >= 4 is 40.1 Å². The molecule has 0 aliphatic heterocycles. The molecule has 164 valence electrons. The van der Waals surface area contributed by atoms with Gasteiger partial charge in [-0.2, -0.15) is 0 Å². The van der Waals surface area contributed by atoms with Crippen LogP contribution in [0.15, 0.2) is 73.2 Å². The summed E-state index contributed by atoms with van der Waals surface area (Å²) in [5.74, 6) is 0.152. The molecule has 2 aromatic heterocycles. The minimum Gasteiger partial charge on any atom is -0.382 e. The molecule has 5 aromatic rings. The van der Waals surface area contributed by atoms with Gasteiger partial charge in [-0.15, -0.1) is 0 Å². The Labute approximate surface area is 200 Å². The third-order valence-electron chi connectivity index (χ3n) is 5.57. The Bertz CT molecular complexity index is 1480. The molecule has 0 saturated carbocycles. The smallest absolute Gasteiger partial charge is 0.221 e. The zero-order chi connectivity index (χ0) is 23.1. The number of rotatable bonds is 4. The molecule has 3 aromatic carbocycles. The third-order valence-corrected chi connectivity index (χ3v) is 6.06. The van der Waals surface area contributed by atoms with E-state index in [1.807, 2.05) is 61.6 Å². The summed E-state index contributed by atoms with van der Waals surface area (Å²) in [6.45, 7) is 0. The highest BCUT2D eigenvalue weighted by Gasteiger charge is 2.23. The first kappa shape index (κ1) is 21.4. The summed E-state index contributed by atoms with van der Waals surface area (Å²) in [5, 5.41) is 13.4. The Morgan fingerprint density at radius 3 is 2.42 bits per heavy atom. The summed E-state index contributed by atoms with van der Waals surface area (Å²) in [6, 6.07) is 18.6. The highest BCUT2D eigenvalue weighted by atomic mass is 35.5. The van der Waals surface area contributed by atoms with Crippen molar-refractivity contribution in [3.05, 3.63) is 94.5 Å². The maximum atomic E-state index is 11.4. The molecule has 6 nitrogen and oxygen atoms in total. The number of nitrogens with two attached hydrogens (primary N) is 1. The van der Waals surface area contributed by atoms with Crippen molar-refractivity contribution in [3.8, 4) is 22.4 Å². The number of hydrogen-bond donors (Lipinski definition) is 2. The van der Waals surface area contributed by atoms with Crippen LogP contribution in [0.2, 0.25) is 10.0 Å². The molecule has 0 fully saturated rings. The number of nitrogen functional groups attached to an aromatic ring is 1. The van der Waals surface area contributed by atoms with Crippen molar-refractivity contribution in [1.82, 2.24) is 19.5 Å². The van der Waals surface area contributed by atoms with Gasteiger partial charge in [-0.1, -0.05) is 53.5 Å². The molecule has 2 heterocycles. The summed E-state index contributed by atoms with van der Waals surface area (Å²) in [6.07, 6.45) is 2.37.